The highest BCUT2D eigenvalue weighted by Gasteiger charge is 2.02. The predicted octanol–water partition coefficient (Wildman–Crippen LogP) is 2.59. The molecule has 0 aliphatic heterocycles. The summed E-state index contributed by atoms with van der Waals surface area (Å²) in [7, 11) is 0. The largest absolute Gasteiger partial charge is 0.478 e. The molecule has 0 fully saturated rings. The molecule has 0 unspecified atom stereocenters. The van der Waals surface area contributed by atoms with Crippen molar-refractivity contribution in [1.29, 1.82) is 5.26 Å². The van der Waals surface area contributed by atoms with Gasteiger partial charge < -0.3 is 10.4 Å². The van der Waals surface area contributed by atoms with Crippen molar-refractivity contribution in [2.75, 3.05) is 11.9 Å². The van der Waals surface area contributed by atoms with Crippen LogP contribution < -0.4 is 5.32 Å². The van der Waals surface area contributed by atoms with Gasteiger partial charge in [-0.2, -0.15) is 5.26 Å². The summed E-state index contributed by atoms with van der Waals surface area (Å²) in [6.07, 6.45) is 2.59. The summed E-state index contributed by atoms with van der Waals surface area (Å²) in [4.78, 5) is 10.8. The van der Waals surface area contributed by atoms with Crippen LogP contribution in [0.2, 0.25) is 0 Å². The highest BCUT2D eigenvalue weighted by Crippen LogP contribution is 2.10. The second kappa shape index (κ2) is 7.13. The van der Waals surface area contributed by atoms with Crippen LogP contribution in [-0.2, 0) is 11.2 Å². The Morgan fingerprint density at radius 1 is 1.44 bits per heavy atom. The Bertz CT molecular complexity index is 470. The minimum absolute atomic E-state index is 0.402. The van der Waals surface area contributed by atoms with E-state index in [0.717, 1.165) is 11.3 Å². The Balaban J connectivity index is 2.54. The lowest BCUT2D eigenvalue weighted by Gasteiger charge is -2.05. The van der Waals surface area contributed by atoms with Crippen molar-refractivity contribution >= 4 is 11.7 Å². The van der Waals surface area contributed by atoms with E-state index >= 15 is 0 Å². The van der Waals surface area contributed by atoms with Crippen molar-refractivity contribution < 1.29 is 9.90 Å². The first-order valence-corrected chi connectivity index (χ1v) is 5.79. The monoisotopic (exact) mass is 244 g/mol. The number of aliphatic carboxylic acids is 1. The predicted molar refractivity (Wildman–Crippen MR) is 70.3 cm³/mol. The molecule has 2 N–H and O–H groups in total. The molecule has 18 heavy (non-hydrogen) atoms. The molecule has 0 atom stereocenters. The van der Waals surface area contributed by atoms with Crippen LogP contribution in [0.3, 0.4) is 0 Å². The Morgan fingerprint density at radius 2 is 2.11 bits per heavy atom. The maximum atomic E-state index is 10.8. The van der Waals surface area contributed by atoms with E-state index in [4.69, 9.17) is 10.4 Å². The van der Waals surface area contributed by atoms with Gasteiger partial charge in [-0.15, -0.1) is 0 Å². The summed E-state index contributed by atoms with van der Waals surface area (Å²) < 4.78 is 0. The number of carbonyl (C=O) groups is 1. The molecule has 1 rings (SSSR count). The second-order valence-electron chi connectivity index (χ2n) is 3.80. The Morgan fingerprint density at radius 3 is 2.61 bits per heavy atom. The molecule has 0 aliphatic carbocycles. The SMILES string of the molecule is CC/C(=C/CNc1ccc(CC#N)cc1)C(=O)O. The summed E-state index contributed by atoms with van der Waals surface area (Å²) in [5.41, 5.74) is 2.29. The zero-order valence-electron chi connectivity index (χ0n) is 10.3. The molecule has 0 spiro atoms. The number of hydrogen-bond acceptors (Lipinski definition) is 3. The van der Waals surface area contributed by atoms with E-state index in [9.17, 15) is 4.79 Å². The van der Waals surface area contributed by atoms with E-state index < -0.39 is 5.97 Å². The zero-order valence-corrected chi connectivity index (χ0v) is 10.3. The van der Waals surface area contributed by atoms with Crippen LogP contribution in [0.1, 0.15) is 18.9 Å². The first-order chi connectivity index (χ1) is 8.67. The molecule has 0 saturated heterocycles. The van der Waals surface area contributed by atoms with Crippen LogP contribution in [-0.4, -0.2) is 17.6 Å². The van der Waals surface area contributed by atoms with E-state index in [1.54, 1.807) is 6.08 Å². The van der Waals surface area contributed by atoms with Gasteiger partial charge in [-0.3, -0.25) is 0 Å². The molecule has 0 heterocycles. The van der Waals surface area contributed by atoms with E-state index in [1.165, 1.54) is 0 Å². The van der Waals surface area contributed by atoms with Gasteiger partial charge in [0.25, 0.3) is 0 Å². The van der Waals surface area contributed by atoms with Crippen molar-refractivity contribution in [3.63, 3.8) is 0 Å². The van der Waals surface area contributed by atoms with Crippen molar-refractivity contribution in [1.82, 2.24) is 0 Å². The lowest BCUT2D eigenvalue weighted by atomic mass is 10.1. The quantitative estimate of drug-likeness (QED) is 0.754. The van der Waals surface area contributed by atoms with Gasteiger partial charge in [-0.1, -0.05) is 25.1 Å². The summed E-state index contributed by atoms with van der Waals surface area (Å²) >= 11 is 0. The number of rotatable bonds is 6. The molecule has 1 aromatic rings. The summed E-state index contributed by atoms with van der Waals surface area (Å²) in [5, 5.41) is 20.5. The Hall–Kier alpha value is -2.28. The highest BCUT2D eigenvalue weighted by molar-refractivity contribution is 5.86. The van der Waals surface area contributed by atoms with Crippen LogP contribution in [0.5, 0.6) is 0 Å². The van der Waals surface area contributed by atoms with E-state index in [0.29, 0.717) is 25.0 Å². The topological polar surface area (TPSA) is 73.1 Å². The first-order valence-electron chi connectivity index (χ1n) is 5.79. The summed E-state index contributed by atoms with van der Waals surface area (Å²) in [5.74, 6) is -0.872. The van der Waals surface area contributed by atoms with Crippen LogP contribution in [0, 0.1) is 11.3 Å². The van der Waals surface area contributed by atoms with Crippen molar-refractivity contribution in [2.45, 2.75) is 19.8 Å². The molecule has 0 radical (unpaired) electrons. The maximum Gasteiger partial charge on any atom is 0.331 e. The molecule has 0 aliphatic rings. The van der Waals surface area contributed by atoms with Crippen LogP contribution in [0.15, 0.2) is 35.9 Å². The fraction of sp³-hybridized carbons (Fsp3) is 0.286. The van der Waals surface area contributed by atoms with E-state index in [-0.39, 0.29) is 0 Å². The van der Waals surface area contributed by atoms with Crippen molar-refractivity contribution in [3.8, 4) is 6.07 Å². The van der Waals surface area contributed by atoms with Crippen molar-refractivity contribution in [3.05, 3.63) is 41.5 Å². The third-order valence-corrected chi connectivity index (χ3v) is 2.55. The lowest BCUT2D eigenvalue weighted by Crippen LogP contribution is -2.04. The van der Waals surface area contributed by atoms with Gasteiger partial charge in [0.1, 0.15) is 0 Å². The van der Waals surface area contributed by atoms with Crippen LogP contribution in [0.4, 0.5) is 5.69 Å². The van der Waals surface area contributed by atoms with Crippen LogP contribution >= 0.6 is 0 Å². The molecule has 0 amide bonds. The van der Waals surface area contributed by atoms with Gasteiger partial charge in [0, 0.05) is 17.8 Å². The van der Waals surface area contributed by atoms with Gasteiger partial charge in [0.05, 0.1) is 12.5 Å². The minimum Gasteiger partial charge on any atom is -0.478 e. The number of benzene rings is 1. The average Bonchev–Trinajstić information content (AvgIpc) is 2.36. The fourth-order valence-electron chi connectivity index (χ4n) is 1.51. The fourth-order valence-corrected chi connectivity index (χ4v) is 1.51. The number of anilines is 1. The van der Waals surface area contributed by atoms with Gasteiger partial charge in [0.2, 0.25) is 0 Å². The van der Waals surface area contributed by atoms with Gasteiger partial charge in [-0.05, 0) is 24.1 Å². The van der Waals surface area contributed by atoms with E-state index in [2.05, 4.69) is 11.4 Å². The molecular formula is C14H16N2O2. The number of nitriles is 1. The van der Waals surface area contributed by atoms with Crippen molar-refractivity contribution in [2.24, 2.45) is 0 Å². The molecular weight excluding hydrogens is 228 g/mol. The smallest absolute Gasteiger partial charge is 0.331 e. The van der Waals surface area contributed by atoms with Gasteiger partial charge in [-0.25, -0.2) is 4.79 Å². The summed E-state index contributed by atoms with van der Waals surface area (Å²) in [6.45, 7) is 2.30. The highest BCUT2D eigenvalue weighted by atomic mass is 16.4. The normalized spacial score (nSPS) is 10.8. The number of nitrogens with zero attached hydrogens (tertiary/aromatic N) is 1. The number of carboxylic acid groups (broad SMARTS) is 1. The molecule has 1 aromatic carbocycles. The van der Waals surface area contributed by atoms with Gasteiger partial charge in [0.15, 0.2) is 0 Å². The first kappa shape index (κ1) is 13.8. The molecule has 0 bridgehead atoms. The standard InChI is InChI=1S/C14H16N2O2/c1-2-12(14(17)18)8-10-16-13-5-3-11(4-6-13)7-9-15/h3-6,8,16H,2,7,10H2,1H3,(H,17,18)/b12-8-. The minimum atomic E-state index is -0.872. The third-order valence-electron chi connectivity index (χ3n) is 2.55. The van der Waals surface area contributed by atoms with E-state index in [1.807, 2.05) is 31.2 Å². The lowest BCUT2D eigenvalue weighted by molar-refractivity contribution is -0.132. The number of carboxylic acids is 1. The summed E-state index contributed by atoms with van der Waals surface area (Å²) in [6, 6.07) is 9.61. The van der Waals surface area contributed by atoms with Gasteiger partial charge >= 0.3 is 5.97 Å². The molecule has 4 nitrogen and oxygen atoms in total. The van der Waals surface area contributed by atoms with Crippen LogP contribution in [0.25, 0.3) is 0 Å². The second-order valence-corrected chi connectivity index (χ2v) is 3.80. The molecule has 94 valence electrons. The third kappa shape index (κ3) is 4.30. The molecule has 4 heteroatoms. The number of hydrogen-bond donors (Lipinski definition) is 2. The Kier molecular flexibility index (Phi) is 5.46. The molecule has 0 saturated carbocycles. The maximum absolute atomic E-state index is 10.8. The average molecular weight is 244 g/mol. The number of nitrogens with one attached hydrogen (secondary N) is 1. The molecule has 0 aromatic heterocycles. The zero-order chi connectivity index (χ0) is 13.4. The Labute approximate surface area is 107 Å².